The van der Waals surface area contributed by atoms with E-state index in [1.54, 1.807) is 6.92 Å². The molecule has 0 aromatic rings. The minimum Gasteiger partial charge on any atom is -0.480 e. The maximum absolute atomic E-state index is 10.9. The van der Waals surface area contributed by atoms with Crippen molar-refractivity contribution in [2.45, 2.75) is 52.0 Å². The summed E-state index contributed by atoms with van der Waals surface area (Å²) in [5.41, 5.74) is 5.10. The second kappa shape index (κ2) is 5.36. The van der Waals surface area contributed by atoms with E-state index >= 15 is 0 Å². The fraction of sp³-hybridized carbons (Fsp3) is 0.923. The van der Waals surface area contributed by atoms with Gasteiger partial charge in [-0.05, 0) is 44.6 Å². The zero-order chi connectivity index (χ0) is 13.1. The molecule has 4 nitrogen and oxygen atoms in total. The second-order valence-corrected chi connectivity index (χ2v) is 5.71. The van der Waals surface area contributed by atoms with E-state index in [1.807, 2.05) is 0 Å². The molecule has 1 aliphatic heterocycles. The molecule has 1 heterocycles. The van der Waals surface area contributed by atoms with Crippen LogP contribution >= 0.6 is 0 Å². The van der Waals surface area contributed by atoms with Gasteiger partial charge in [0.05, 0.1) is 0 Å². The van der Waals surface area contributed by atoms with Gasteiger partial charge in [0.1, 0.15) is 5.54 Å². The summed E-state index contributed by atoms with van der Waals surface area (Å²) in [6, 6.07) is 0. The number of carboxylic acids is 1. The van der Waals surface area contributed by atoms with Crippen LogP contribution in [0.15, 0.2) is 0 Å². The van der Waals surface area contributed by atoms with Gasteiger partial charge in [0, 0.05) is 13.1 Å². The third-order valence-electron chi connectivity index (χ3n) is 4.45. The van der Waals surface area contributed by atoms with E-state index in [2.05, 4.69) is 18.7 Å². The lowest BCUT2D eigenvalue weighted by Gasteiger charge is -2.28. The number of likely N-dealkylation sites (tertiary alicyclic amines) is 1. The maximum Gasteiger partial charge on any atom is 0.323 e. The Hall–Kier alpha value is -0.610. The Labute approximate surface area is 104 Å². The normalized spacial score (nSPS) is 23.5. The highest BCUT2D eigenvalue weighted by molar-refractivity contribution is 5.77. The Bertz CT molecular complexity index is 273. The second-order valence-electron chi connectivity index (χ2n) is 5.71. The highest BCUT2D eigenvalue weighted by atomic mass is 16.4. The predicted molar refractivity (Wildman–Crippen MR) is 68.9 cm³/mol. The van der Waals surface area contributed by atoms with Gasteiger partial charge >= 0.3 is 5.97 Å². The van der Waals surface area contributed by atoms with Crippen LogP contribution < -0.4 is 5.73 Å². The molecule has 0 amide bonds. The summed E-state index contributed by atoms with van der Waals surface area (Å²) in [6.45, 7) is 9.06. The lowest BCUT2D eigenvalue weighted by atomic mass is 9.82. The third-order valence-corrected chi connectivity index (χ3v) is 4.45. The van der Waals surface area contributed by atoms with Crippen molar-refractivity contribution in [3.8, 4) is 0 Å². The van der Waals surface area contributed by atoms with Gasteiger partial charge in [-0.2, -0.15) is 0 Å². The van der Waals surface area contributed by atoms with E-state index in [1.165, 1.54) is 19.3 Å². The zero-order valence-corrected chi connectivity index (χ0v) is 11.3. The summed E-state index contributed by atoms with van der Waals surface area (Å²) in [6.07, 6.45) is 4.16. The summed E-state index contributed by atoms with van der Waals surface area (Å²) in [5, 5.41) is 8.97. The summed E-state index contributed by atoms with van der Waals surface area (Å²) >= 11 is 0. The largest absolute Gasteiger partial charge is 0.480 e. The number of aliphatic carboxylic acids is 1. The van der Waals surface area contributed by atoms with Crippen molar-refractivity contribution in [1.82, 2.24) is 4.90 Å². The fourth-order valence-corrected chi connectivity index (χ4v) is 2.54. The van der Waals surface area contributed by atoms with Crippen molar-refractivity contribution in [2.75, 3.05) is 19.6 Å². The average Bonchev–Trinajstić information content (AvgIpc) is 2.71. The molecule has 1 unspecified atom stereocenters. The summed E-state index contributed by atoms with van der Waals surface area (Å²) in [5.74, 6) is -0.908. The first kappa shape index (κ1) is 14.5. The molecule has 100 valence electrons. The van der Waals surface area contributed by atoms with E-state index in [4.69, 9.17) is 10.8 Å². The van der Waals surface area contributed by atoms with E-state index in [0.29, 0.717) is 11.8 Å². The molecule has 0 spiro atoms. The Morgan fingerprint density at radius 3 is 2.47 bits per heavy atom. The van der Waals surface area contributed by atoms with Crippen LogP contribution in [0.4, 0.5) is 0 Å². The van der Waals surface area contributed by atoms with Gasteiger partial charge in [-0.15, -0.1) is 0 Å². The molecule has 4 heteroatoms. The number of rotatable bonds is 6. The van der Waals surface area contributed by atoms with Gasteiger partial charge in [-0.25, -0.2) is 0 Å². The fourth-order valence-electron chi connectivity index (χ4n) is 2.54. The molecule has 1 rings (SSSR count). The van der Waals surface area contributed by atoms with Gasteiger partial charge in [0.25, 0.3) is 0 Å². The highest BCUT2D eigenvalue weighted by Crippen LogP contribution is 2.37. The summed E-state index contributed by atoms with van der Waals surface area (Å²) < 4.78 is 0. The molecule has 0 aromatic carbocycles. The van der Waals surface area contributed by atoms with Gasteiger partial charge < -0.3 is 15.7 Å². The summed E-state index contributed by atoms with van der Waals surface area (Å²) in [4.78, 5) is 13.3. The molecular weight excluding hydrogens is 216 g/mol. The minimum absolute atomic E-state index is 0.453. The molecule has 0 aliphatic carbocycles. The van der Waals surface area contributed by atoms with Crippen LogP contribution in [0.2, 0.25) is 0 Å². The average molecular weight is 242 g/mol. The molecule has 17 heavy (non-hydrogen) atoms. The molecule has 1 saturated heterocycles. The molecule has 1 fully saturated rings. The molecule has 0 bridgehead atoms. The molecular formula is C13H26N2O2. The maximum atomic E-state index is 10.9. The van der Waals surface area contributed by atoms with Crippen molar-refractivity contribution in [3.05, 3.63) is 0 Å². The molecule has 0 radical (unpaired) electrons. The summed E-state index contributed by atoms with van der Waals surface area (Å²) in [7, 11) is 0. The van der Waals surface area contributed by atoms with Crippen LogP contribution in [-0.4, -0.2) is 41.1 Å². The number of nitrogens with zero attached hydrogens (tertiary/aromatic N) is 1. The van der Waals surface area contributed by atoms with Crippen LogP contribution in [0, 0.1) is 5.41 Å². The molecule has 1 atom stereocenters. The van der Waals surface area contributed by atoms with Gasteiger partial charge in [-0.1, -0.05) is 13.8 Å². The third kappa shape index (κ3) is 3.42. The van der Waals surface area contributed by atoms with Crippen molar-refractivity contribution in [3.63, 3.8) is 0 Å². The molecule has 0 saturated carbocycles. The van der Waals surface area contributed by atoms with Gasteiger partial charge in [-0.3, -0.25) is 4.79 Å². The lowest BCUT2D eigenvalue weighted by molar-refractivity contribution is -0.143. The van der Waals surface area contributed by atoms with E-state index in [9.17, 15) is 4.79 Å². The van der Waals surface area contributed by atoms with E-state index < -0.39 is 11.5 Å². The minimum atomic E-state index is -1.09. The van der Waals surface area contributed by atoms with Crippen LogP contribution in [0.3, 0.4) is 0 Å². The Morgan fingerprint density at radius 2 is 2.06 bits per heavy atom. The van der Waals surface area contributed by atoms with Crippen LogP contribution in [0.25, 0.3) is 0 Å². The van der Waals surface area contributed by atoms with Gasteiger partial charge in [0.2, 0.25) is 0 Å². The number of hydrogen-bond donors (Lipinski definition) is 2. The number of nitrogens with two attached hydrogens (primary N) is 1. The molecule has 1 aliphatic rings. The van der Waals surface area contributed by atoms with Crippen LogP contribution in [0.1, 0.15) is 46.5 Å². The van der Waals surface area contributed by atoms with Crippen LogP contribution in [-0.2, 0) is 4.79 Å². The van der Waals surface area contributed by atoms with Crippen molar-refractivity contribution < 1.29 is 9.90 Å². The predicted octanol–water partition coefficient (Wildman–Crippen LogP) is 1.69. The SMILES string of the molecule is CCC1(CC)CCN(CCC(C)(N)C(=O)O)C1. The van der Waals surface area contributed by atoms with Crippen LogP contribution in [0.5, 0.6) is 0 Å². The van der Waals surface area contributed by atoms with Gasteiger partial charge in [0.15, 0.2) is 0 Å². The zero-order valence-electron chi connectivity index (χ0n) is 11.3. The number of carboxylic acid groups (broad SMARTS) is 1. The first-order chi connectivity index (χ1) is 7.85. The first-order valence-electron chi connectivity index (χ1n) is 6.60. The number of hydrogen-bond acceptors (Lipinski definition) is 3. The Morgan fingerprint density at radius 1 is 1.47 bits per heavy atom. The standard InChI is InChI=1S/C13H26N2O2/c1-4-13(5-2)7-9-15(10-13)8-6-12(3,14)11(16)17/h4-10,14H2,1-3H3,(H,16,17). The first-order valence-corrected chi connectivity index (χ1v) is 6.60. The van der Waals surface area contributed by atoms with E-state index in [-0.39, 0.29) is 0 Å². The smallest absolute Gasteiger partial charge is 0.323 e. The topological polar surface area (TPSA) is 66.6 Å². The van der Waals surface area contributed by atoms with Crippen molar-refractivity contribution in [1.29, 1.82) is 0 Å². The van der Waals surface area contributed by atoms with Crippen molar-refractivity contribution in [2.24, 2.45) is 11.1 Å². The lowest BCUT2D eigenvalue weighted by Crippen LogP contribution is -2.47. The quantitative estimate of drug-likeness (QED) is 0.744. The van der Waals surface area contributed by atoms with Crippen molar-refractivity contribution >= 4 is 5.97 Å². The number of carbonyl (C=O) groups is 1. The highest BCUT2D eigenvalue weighted by Gasteiger charge is 2.36. The Kier molecular flexibility index (Phi) is 4.55. The molecule has 3 N–H and O–H groups in total. The monoisotopic (exact) mass is 242 g/mol. The Balaban J connectivity index is 2.44. The molecule has 0 aromatic heterocycles. The van der Waals surface area contributed by atoms with E-state index in [0.717, 1.165) is 19.6 Å².